The summed E-state index contributed by atoms with van der Waals surface area (Å²) in [7, 11) is 1.24. The van der Waals surface area contributed by atoms with E-state index in [4.69, 9.17) is 4.74 Å². The summed E-state index contributed by atoms with van der Waals surface area (Å²) in [6.07, 6.45) is 8.12. The van der Waals surface area contributed by atoms with Crippen LogP contribution in [0.2, 0.25) is 12.1 Å². The zero-order valence-electron chi connectivity index (χ0n) is 16.2. The van der Waals surface area contributed by atoms with Crippen LogP contribution in [-0.4, -0.2) is 15.9 Å². The second-order valence-corrected chi connectivity index (χ2v) is 9.54. The summed E-state index contributed by atoms with van der Waals surface area (Å²) in [4.78, 5) is 0. The first-order chi connectivity index (χ1) is 12.3. The third-order valence-electron chi connectivity index (χ3n) is 4.87. The quantitative estimate of drug-likeness (QED) is 0.333. The lowest BCUT2D eigenvalue weighted by molar-refractivity contribution is 0.415. The van der Waals surface area contributed by atoms with E-state index in [1.807, 2.05) is 0 Å². The highest BCUT2D eigenvalue weighted by Gasteiger charge is 2.17. The number of rotatable bonds is 11. The molecule has 0 aliphatic rings. The fourth-order valence-electron chi connectivity index (χ4n) is 3.38. The topological polar surface area (TPSA) is 9.23 Å². The Morgan fingerprint density at radius 3 is 1.92 bits per heavy atom. The van der Waals surface area contributed by atoms with Crippen LogP contribution in [0.4, 0.5) is 0 Å². The zero-order chi connectivity index (χ0) is 17.9. The van der Waals surface area contributed by atoms with Gasteiger partial charge < -0.3 is 4.74 Å². The van der Waals surface area contributed by atoms with Crippen molar-refractivity contribution in [2.24, 2.45) is 0 Å². The number of hydrogen-bond donors (Lipinski definition) is 0. The van der Waals surface area contributed by atoms with Crippen LogP contribution in [0.5, 0.6) is 5.75 Å². The highest BCUT2D eigenvalue weighted by molar-refractivity contribution is 6.74. The van der Waals surface area contributed by atoms with Crippen LogP contribution in [-0.2, 0) is 0 Å². The Kier molecular flexibility index (Phi) is 8.82. The summed E-state index contributed by atoms with van der Waals surface area (Å²) in [5.41, 5.74) is 2.76. The monoisotopic (exact) mass is 353 g/mol. The molecule has 2 rings (SSSR count). The molecule has 0 spiro atoms. The number of ether oxygens (including phenoxy) is 1. The molecule has 0 bridgehead atoms. The van der Waals surface area contributed by atoms with E-state index < -0.39 is 8.80 Å². The van der Waals surface area contributed by atoms with E-state index in [9.17, 15) is 0 Å². The van der Waals surface area contributed by atoms with Gasteiger partial charge in [0.1, 0.15) is 5.75 Å². The number of hydrogen-bond acceptors (Lipinski definition) is 1. The van der Waals surface area contributed by atoms with Crippen molar-refractivity contribution >= 4 is 14.0 Å². The number of unbranched alkanes of at least 4 members (excludes halogenated alkanes) is 4. The van der Waals surface area contributed by atoms with Crippen LogP contribution < -0.4 is 9.92 Å². The molecule has 0 unspecified atom stereocenters. The van der Waals surface area contributed by atoms with Crippen LogP contribution in [0.25, 0.3) is 11.1 Å². The Bertz CT molecular complexity index is 596. The molecule has 0 aliphatic heterocycles. The summed E-state index contributed by atoms with van der Waals surface area (Å²) >= 11 is 0. The van der Waals surface area contributed by atoms with Gasteiger partial charge >= 0.3 is 0 Å². The SMILES string of the molecule is CCCCC[Si](CCCCC)c1ccccc1-c1ccc(OC)cc1. The zero-order valence-corrected chi connectivity index (χ0v) is 17.2. The highest BCUT2D eigenvalue weighted by atomic mass is 28.3. The molecule has 2 aromatic rings. The third kappa shape index (κ3) is 6.04. The van der Waals surface area contributed by atoms with E-state index in [2.05, 4.69) is 62.4 Å². The second-order valence-electron chi connectivity index (χ2n) is 6.79. The Balaban J connectivity index is 2.25. The predicted molar refractivity (Wildman–Crippen MR) is 112 cm³/mol. The van der Waals surface area contributed by atoms with Crippen LogP contribution in [0.1, 0.15) is 52.4 Å². The molecule has 2 aromatic carbocycles. The summed E-state index contributed by atoms with van der Waals surface area (Å²) in [5, 5.41) is 1.63. The van der Waals surface area contributed by atoms with Gasteiger partial charge in [-0.25, -0.2) is 0 Å². The molecule has 25 heavy (non-hydrogen) atoms. The van der Waals surface area contributed by atoms with Crippen LogP contribution in [0, 0.1) is 0 Å². The lowest BCUT2D eigenvalue weighted by atomic mass is 10.1. The minimum atomic E-state index is -0.491. The molecule has 0 aromatic heterocycles. The molecular formula is C23H33OSi. The first kappa shape index (κ1) is 19.8. The first-order valence-electron chi connectivity index (χ1n) is 9.88. The molecule has 0 fully saturated rings. The van der Waals surface area contributed by atoms with Gasteiger partial charge in [0.15, 0.2) is 0 Å². The van der Waals surface area contributed by atoms with Crippen LogP contribution in [0.3, 0.4) is 0 Å². The summed E-state index contributed by atoms with van der Waals surface area (Å²) in [6.45, 7) is 4.60. The van der Waals surface area contributed by atoms with E-state index in [0.29, 0.717) is 0 Å². The van der Waals surface area contributed by atoms with E-state index in [-0.39, 0.29) is 0 Å². The van der Waals surface area contributed by atoms with Gasteiger partial charge in [-0.2, -0.15) is 0 Å². The standard InChI is InChI=1S/C23H33OSi/c1-4-6-10-18-25(19-11-7-5-2)23-13-9-8-12-22(23)20-14-16-21(24-3)17-15-20/h8-9,12-17H,4-7,10-11,18-19H2,1-3H3. The van der Waals surface area contributed by atoms with Crippen molar-refractivity contribution < 1.29 is 4.74 Å². The number of benzene rings is 2. The Morgan fingerprint density at radius 2 is 1.36 bits per heavy atom. The maximum Gasteiger partial charge on any atom is 0.118 e. The number of methoxy groups -OCH3 is 1. The molecule has 0 saturated carbocycles. The van der Waals surface area contributed by atoms with E-state index >= 15 is 0 Å². The molecule has 1 nitrogen and oxygen atoms in total. The average molecular weight is 354 g/mol. The van der Waals surface area contributed by atoms with E-state index in [1.165, 1.54) is 61.7 Å². The molecule has 2 heteroatoms. The summed E-state index contributed by atoms with van der Waals surface area (Å²) in [5.74, 6) is 0.928. The summed E-state index contributed by atoms with van der Waals surface area (Å²) in [6, 6.07) is 20.5. The lowest BCUT2D eigenvalue weighted by Gasteiger charge is -2.19. The van der Waals surface area contributed by atoms with Gasteiger partial charge in [0.2, 0.25) is 0 Å². The molecular weight excluding hydrogens is 320 g/mol. The van der Waals surface area contributed by atoms with Crippen LogP contribution in [0.15, 0.2) is 48.5 Å². The summed E-state index contributed by atoms with van der Waals surface area (Å²) < 4.78 is 5.32. The third-order valence-corrected chi connectivity index (χ3v) is 7.99. The molecule has 0 N–H and O–H groups in total. The van der Waals surface area contributed by atoms with Gasteiger partial charge in [0, 0.05) is 0 Å². The van der Waals surface area contributed by atoms with Crippen LogP contribution >= 0.6 is 0 Å². The van der Waals surface area contributed by atoms with Gasteiger partial charge in [0.05, 0.1) is 15.9 Å². The fraction of sp³-hybridized carbons (Fsp3) is 0.478. The molecule has 0 aliphatic carbocycles. The second kappa shape index (κ2) is 11.1. The van der Waals surface area contributed by atoms with Gasteiger partial charge in [-0.05, 0) is 23.3 Å². The van der Waals surface area contributed by atoms with Gasteiger partial charge in [-0.15, -0.1) is 0 Å². The average Bonchev–Trinajstić information content (AvgIpc) is 2.67. The molecule has 0 saturated heterocycles. The molecule has 1 radical (unpaired) electrons. The lowest BCUT2D eigenvalue weighted by Crippen LogP contribution is -2.31. The first-order valence-corrected chi connectivity index (χ1v) is 11.8. The van der Waals surface area contributed by atoms with Crippen molar-refractivity contribution in [3.63, 3.8) is 0 Å². The molecule has 135 valence electrons. The maximum atomic E-state index is 5.32. The van der Waals surface area contributed by atoms with Crippen molar-refractivity contribution in [1.29, 1.82) is 0 Å². The van der Waals surface area contributed by atoms with E-state index in [0.717, 1.165) is 5.75 Å². The molecule has 0 amide bonds. The van der Waals surface area contributed by atoms with Crippen molar-refractivity contribution in [3.05, 3.63) is 48.5 Å². The molecule has 0 atom stereocenters. The van der Waals surface area contributed by atoms with Crippen molar-refractivity contribution in [2.45, 2.75) is 64.5 Å². The fourth-order valence-corrected chi connectivity index (χ4v) is 6.47. The predicted octanol–water partition coefficient (Wildman–Crippen LogP) is 6.44. The van der Waals surface area contributed by atoms with Crippen molar-refractivity contribution in [2.75, 3.05) is 7.11 Å². The largest absolute Gasteiger partial charge is 0.497 e. The highest BCUT2D eigenvalue weighted by Crippen LogP contribution is 2.23. The Morgan fingerprint density at radius 1 is 0.760 bits per heavy atom. The van der Waals surface area contributed by atoms with Gasteiger partial charge in [0.25, 0.3) is 0 Å². The minimum Gasteiger partial charge on any atom is -0.497 e. The van der Waals surface area contributed by atoms with Gasteiger partial charge in [-0.3, -0.25) is 0 Å². The normalized spacial score (nSPS) is 11.0. The smallest absolute Gasteiger partial charge is 0.118 e. The van der Waals surface area contributed by atoms with Gasteiger partial charge in [-0.1, -0.05) is 106 Å². The Hall–Kier alpha value is -1.54. The van der Waals surface area contributed by atoms with Crippen molar-refractivity contribution in [3.8, 4) is 16.9 Å². The molecule has 0 heterocycles. The Labute approximate surface area is 156 Å². The minimum absolute atomic E-state index is 0.491. The van der Waals surface area contributed by atoms with E-state index in [1.54, 1.807) is 12.3 Å². The van der Waals surface area contributed by atoms with Crippen molar-refractivity contribution in [1.82, 2.24) is 0 Å². The maximum absolute atomic E-state index is 5.32.